The largest absolute Gasteiger partial charge is 0.385 e. The lowest BCUT2D eigenvalue weighted by Gasteiger charge is -2.24. The molecule has 0 amide bonds. The van der Waals surface area contributed by atoms with Crippen molar-refractivity contribution in [2.45, 2.75) is 32.2 Å². The van der Waals surface area contributed by atoms with Crippen LogP contribution >= 0.6 is 0 Å². The Kier molecular flexibility index (Phi) is 6.81. The molecule has 0 aliphatic heterocycles. The van der Waals surface area contributed by atoms with E-state index in [1.165, 1.54) is 6.07 Å². The molecule has 0 radical (unpaired) electrons. The maximum absolute atomic E-state index is 14.0. The van der Waals surface area contributed by atoms with Crippen LogP contribution in [-0.4, -0.2) is 33.4 Å². The third-order valence-corrected chi connectivity index (χ3v) is 3.34. The molecular formula is C15H25FN2O. The van der Waals surface area contributed by atoms with E-state index in [1.54, 1.807) is 13.2 Å². The van der Waals surface area contributed by atoms with Crippen LogP contribution in [0.1, 0.15) is 25.3 Å². The van der Waals surface area contributed by atoms with Gasteiger partial charge in [0.2, 0.25) is 0 Å². The first kappa shape index (κ1) is 15.9. The first-order chi connectivity index (χ1) is 9.10. The van der Waals surface area contributed by atoms with Gasteiger partial charge in [-0.2, -0.15) is 0 Å². The first-order valence-electron chi connectivity index (χ1n) is 6.83. The standard InChI is InChI=1S/C15H25FN2O/c1-4-12(17)11-13-14(16)7-5-8-15(13)18(2)9-6-10-19-3/h5,7-8,12H,4,6,9-11,17H2,1-3H3. The van der Waals surface area contributed by atoms with Crippen LogP contribution in [0, 0.1) is 5.82 Å². The van der Waals surface area contributed by atoms with Crippen LogP contribution in [0.5, 0.6) is 0 Å². The van der Waals surface area contributed by atoms with Gasteiger partial charge in [0, 0.05) is 44.6 Å². The lowest BCUT2D eigenvalue weighted by molar-refractivity contribution is 0.196. The summed E-state index contributed by atoms with van der Waals surface area (Å²) in [6.45, 7) is 3.57. The highest BCUT2D eigenvalue weighted by Gasteiger charge is 2.14. The number of ether oxygens (including phenoxy) is 1. The Morgan fingerprint density at radius 1 is 1.42 bits per heavy atom. The summed E-state index contributed by atoms with van der Waals surface area (Å²) >= 11 is 0. The lowest BCUT2D eigenvalue weighted by Crippen LogP contribution is -2.26. The molecule has 0 fully saturated rings. The average molecular weight is 268 g/mol. The van der Waals surface area contributed by atoms with Crippen molar-refractivity contribution >= 4 is 5.69 Å². The minimum absolute atomic E-state index is 0.00280. The number of methoxy groups -OCH3 is 1. The fraction of sp³-hybridized carbons (Fsp3) is 0.600. The molecule has 1 aromatic rings. The van der Waals surface area contributed by atoms with E-state index in [4.69, 9.17) is 10.5 Å². The molecule has 3 nitrogen and oxygen atoms in total. The molecule has 0 heterocycles. The average Bonchev–Trinajstić information content (AvgIpc) is 2.41. The summed E-state index contributed by atoms with van der Waals surface area (Å²) in [5, 5.41) is 0. The summed E-state index contributed by atoms with van der Waals surface area (Å²) < 4.78 is 19.0. The van der Waals surface area contributed by atoms with Gasteiger partial charge in [-0.25, -0.2) is 4.39 Å². The number of hydrogen-bond acceptors (Lipinski definition) is 3. The normalized spacial score (nSPS) is 12.5. The van der Waals surface area contributed by atoms with E-state index in [0.717, 1.165) is 30.6 Å². The number of halogens is 1. The van der Waals surface area contributed by atoms with Crippen molar-refractivity contribution in [2.24, 2.45) is 5.73 Å². The van der Waals surface area contributed by atoms with Gasteiger partial charge in [-0.1, -0.05) is 13.0 Å². The fourth-order valence-electron chi connectivity index (χ4n) is 2.08. The summed E-state index contributed by atoms with van der Waals surface area (Å²) in [7, 11) is 3.67. The molecule has 0 aromatic heterocycles. The van der Waals surface area contributed by atoms with Crippen molar-refractivity contribution < 1.29 is 9.13 Å². The van der Waals surface area contributed by atoms with Crippen LogP contribution in [0.3, 0.4) is 0 Å². The van der Waals surface area contributed by atoms with Crippen LogP contribution in [0.15, 0.2) is 18.2 Å². The highest BCUT2D eigenvalue weighted by molar-refractivity contribution is 5.54. The van der Waals surface area contributed by atoms with Crippen molar-refractivity contribution in [1.29, 1.82) is 0 Å². The second kappa shape index (κ2) is 8.12. The fourth-order valence-corrected chi connectivity index (χ4v) is 2.08. The SMILES string of the molecule is CCC(N)Cc1c(F)cccc1N(C)CCCOC. The van der Waals surface area contributed by atoms with Gasteiger partial charge in [0.05, 0.1) is 0 Å². The second-order valence-electron chi connectivity index (χ2n) is 4.88. The molecule has 0 aliphatic rings. The molecule has 0 spiro atoms. The summed E-state index contributed by atoms with van der Waals surface area (Å²) in [5.41, 5.74) is 7.61. The van der Waals surface area contributed by atoms with Gasteiger partial charge in [-0.3, -0.25) is 0 Å². The summed E-state index contributed by atoms with van der Waals surface area (Å²) in [6.07, 6.45) is 2.34. The molecule has 1 atom stereocenters. The molecule has 0 aliphatic carbocycles. The molecule has 2 N–H and O–H groups in total. The molecule has 0 bridgehead atoms. The van der Waals surface area contributed by atoms with Crippen molar-refractivity contribution in [3.8, 4) is 0 Å². The highest BCUT2D eigenvalue weighted by atomic mass is 19.1. The van der Waals surface area contributed by atoms with Gasteiger partial charge in [0.15, 0.2) is 0 Å². The third kappa shape index (κ3) is 4.80. The number of hydrogen-bond donors (Lipinski definition) is 1. The molecule has 19 heavy (non-hydrogen) atoms. The van der Waals surface area contributed by atoms with E-state index in [2.05, 4.69) is 4.90 Å². The zero-order valence-electron chi connectivity index (χ0n) is 12.2. The van der Waals surface area contributed by atoms with Gasteiger partial charge in [-0.15, -0.1) is 0 Å². The maximum Gasteiger partial charge on any atom is 0.128 e. The van der Waals surface area contributed by atoms with Gasteiger partial charge < -0.3 is 15.4 Å². The van der Waals surface area contributed by atoms with Crippen molar-refractivity contribution in [3.05, 3.63) is 29.6 Å². The van der Waals surface area contributed by atoms with E-state index in [-0.39, 0.29) is 11.9 Å². The summed E-state index contributed by atoms with van der Waals surface area (Å²) in [5.74, 6) is -0.167. The molecule has 0 saturated carbocycles. The third-order valence-electron chi connectivity index (χ3n) is 3.34. The molecular weight excluding hydrogens is 243 g/mol. The number of benzene rings is 1. The highest BCUT2D eigenvalue weighted by Crippen LogP contribution is 2.24. The molecule has 1 unspecified atom stereocenters. The monoisotopic (exact) mass is 268 g/mol. The van der Waals surface area contributed by atoms with Gasteiger partial charge in [-0.05, 0) is 31.4 Å². The van der Waals surface area contributed by atoms with Crippen LogP contribution in [0.4, 0.5) is 10.1 Å². The summed E-state index contributed by atoms with van der Waals surface area (Å²) in [4.78, 5) is 2.07. The topological polar surface area (TPSA) is 38.5 Å². The maximum atomic E-state index is 14.0. The predicted molar refractivity (Wildman–Crippen MR) is 78.1 cm³/mol. The van der Waals surface area contributed by atoms with Crippen LogP contribution in [0.25, 0.3) is 0 Å². The molecule has 4 heteroatoms. The van der Waals surface area contributed by atoms with E-state index in [0.29, 0.717) is 13.0 Å². The second-order valence-corrected chi connectivity index (χ2v) is 4.88. The first-order valence-corrected chi connectivity index (χ1v) is 6.83. The summed E-state index contributed by atoms with van der Waals surface area (Å²) in [6, 6.07) is 5.21. The van der Waals surface area contributed by atoms with Crippen LogP contribution < -0.4 is 10.6 Å². The lowest BCUT2D eigenvalue weighted by atomic mass is 10.0. The molecule has 1 aromatic carbocycles. The Balaban J connectivity index is 2.83. The van der Waals surface area contributed by atoms with Crippen molar-refractivity contribution in [2.75, 3.05) is 32.2 Å². The van der Waals surface area contributed by atoms with E-state index in [1.807, 2.05) is 20.0 Å². The van der Waals surface area contributed by atoms with E-state index < -0.39 is 0 Å². The minimum Gasteiger partial charge on any atom is -0.385 e. The van der Waals surface area contributed by atoms with Crippen LogP contribution in [0.2, 0.25) is 0 Å². The minimum atomic E-state index is -0.167. The Bertz CT molecular complexity index is 384. The van der Waals surface area contributed by atoms with Gasteiger partial charge >= 0.3 is 0 Å². The molecule has 0 saturated heterocycles. The number of nitrogens with zero attached hydrogens (tertiary/aromatic N) is 1. The number of rotatable bonds is 8. The van der Waals surface area contributed by atoms with Crippen molar-refractivity contribution in [3.63, 3.8) is 0 Å². The number of anilines is 1. The quantitative estimate of drug-likeness (QED) is 0.736. The molecule has 108 valence electrons. The predicted octanol–water partition coefficient (Wildman–Crippen LogP) is 2.58. The zero-order chi connectivity index (χ0) is 14.3. The van der Waals surface area contributed by atoms with Gasteiger partial charge in [0.1, 0.15) is 5.82 Å². The number of nitrogens with two attached hydrogens (primary N) is 1. The van der Waals surface area contributed by atoms with E-state index >= 15 is 0 Å². The Morgan fingerprint density at radius 3 is 2.79 bits per heavy atom. The van der Waals surface area contributed by atoms with Crippen molar-refractivity contribution in [1.82, 2.24) is 0 Å². The molecule has 1 rings (SSSR count). The van der Waals surface area contributed by atoms with Crippen LogP contribution in [-0.2, 0) is 11.2 Å². The van der Waals surface area contributed by atoms with E-state index in [9.17, 15) is 4.39 Å². The van der Waals surface area contributed by atoms with Gasteiger partial charge in [0.25, 0.3) is 0 Å². The zero-order valence-corrected chi connectivity index (χ0v) is 12.2. The Hall–Kier alpha value is -1.13. The Labute approximate surface area is 115 Å². The Morgan fingerprint density at radius 2 is 2.16 bits per heavy atom. The smallest absolute Gasteiger partial charge is 0.128 e.